The van der Waals surface area contributed by atoms with Gasteiger partial charge in [-0.15, -0.1) is 0 Å². The van der Waals surface area contributed by atoms with Gasteiger partial charge in [0.15, 0.2) is 0 Å². The molecule has 0 radical (unpaired) electrons. The van der Waals surface area contributed by atoms with Gasteiger partial charge in [0, 0.05) is 0 Å². The fraction of sp³-hybridized carbons (Fsp3) is 0.353. The Morgan fingerprint density at radius 1 is 0.864 bits per heavy atom. The molecule has 1 saturated heterocycles. The van der Waals surface area contributed by atoms with Crippen molar-refractivity contribution in [1.82, 2.24) is 0 Å². The van der Waals surface area contributed by atoms with E-state index in [2.05, 4.69) is 56.3 Å². The number of halogens is 3. The van der Waals surface area contributed by atoms with E-state index in [4.69, 9.17) is 0 Å². The summed E-state index contributed by atoms with van der Waals surface area (Å²) in [5.74, 6) is 0. The maximum Gasteiger partial charge on any atom is 4.00 e. The van der Waals surface area contributed by atoms with Crippen LogP contribution in [0.3, 0.4) is 0 Å². The minimum atomic E-state index is -1.41. The fourth-order valence-electron chi connectivity index (χ4n) is 3.64. The minimum absolute atomic E-state index is 0. The predicted octanol–water partition coefficient (Wildman–Crippen LogP) is -5.61. The molecule has 1 aliphatic rings. The Morgan fingerprint density at radius 2 is 1.41 bits per heavy atom. The van der Waals surface area contributed by atoms with Crippen LogP contribution in [0.5, 0.6) is 0 Å². The van der Waals surface area contributed by atoms with Crippen molar-refractivity contribution in [2.24, 2.45) is 0 Å². The zero-order chi connectivity index (χ0) is 12.6. The summed E-state index contributed by atoms with van der Waals surface area (Å²) in [6, 6.07) is 19.0. The zero-order valence-electron chi connectivity index (χ0n) is 13.0. The molecule has 0 saturated carbocycles. The van der Waals surface area contributed by atoms with Crippen LogP contribution in [0.1, 0.15) is 24.0 Å². The van der Waals surface area contributed by atoms with Crippen LogP contribution in [0.15, 0.2) is 42.5 Å². The Kier molecular flexibility index (Phi) is 11.5. The van der Waals surface area contributed by atoms with Gasteiger partial charge in [-0.05, 0) is 0 Å². The summed E-state index contributed by atoms with van der Waals surface area (Å²) in [7, 11) is -1.41. The van der Waals surface area contributed by atoms with Crippen LogP contribution in [-0.4, -0.2) is 8.07 Å². The van der Waals surface area contributed by atoms with Gasteiger partial charge in [-0.3, -0.25) is 0 Å². The van der Waals surface area contributed by atoms with Crippen LogP contribution < -0.4 is 47.6 Å². The van der Waals surface area contributed by atoms with Crippen LogP contribution in [0.25, 0.3) is 0 Å². The molecule has 0 aromatic heterocycles. The van der Waals surface area contributed by atoms with Crippen molar-refractivity contribution in [3.05, 3.63) is 53.6 Å². The summed E-state index contributed by atoms with van der Waals surface area (Å²) in [5, 5.41) is 3.36. The third-order valence-corrected chi connectivity index (χ3v) is 10.2. The van der Waals surface area contributed by atoms with Crippen LogP contribution in [-0.2, 0) is 21.7 Å². The van der Waals surface area contributed by atoms with E-state index >= 15 is 0 Å². The third kappa shape index (κ3) is 4.26. The normalized spacial score (nSPS) is 14.8. The summed E-state index contributed by atoms with van der Waals surface area (Å²) >= 11 is 0. The van der Waals surface area contributed by atoms with E-state index < -0.39 is 8.07 Å². The molecule has 0 aliphatic carbocycles. The molecule has 1 fully saturated rings. The molecule has 0 unspecified atom stereocenters. The molecule has 2 aromatic carbocycles. The molecule has 22 heavy (non-hydrogen) atoms. The minimum Gasteiger partial charge on any atom is -1.00 e. The van der Waals surface area contributed by atoms with E-state index in [-0.39, 0.29) is 58.9 Å². The van der Waals surface area contributed by atoms with Gasteiger partial charge in [-0.25, -0.2) is 6.07 Å². The summed E-state index contributed by atoms with van der Waals surface area (Å²) in [4.78, 5) is 0. The molecule has 0 N–H and O–H groups in total. The van der Waals surface area contributed by atoms with E-state index in [1.165, 1.54) is 30.5 Å². The maximum atomic E-state index is 2.43. The smallest absolute Gasteiger partial charge is 1.00 e. The predicted molar refractivity (Wildman–Crippen MR) is 81.8 cm³/mol. The zero-order valence-corrected chi connectivity index (χ0v) is 17.8. The molecule has 0 atom stereocenters. The van der Waals surface area contributed by atoms with Crippen molar-refractivity contribution >= 4 is 18.4 Å². The van der Waals surface area contributed by atoms with Crippen LogP contribution in [0.4, 0.5) is 0 Å². The van der Waals surface area contributed by atoms with Crippen molar-refractivity contribution in [3.63, 3.8) is 0 Å². The van der Waals surface area contributed by atoms with Gasteiger partial charge >= 0.3 is 21.7 Å². The van der Waals surface area contributed by atoms with E-state index in [1.54, 1.807) is 15.9 Å². The standard InChI is InChI=1S/C17H21Si.3ClH.Ti/c1-14-10-11-17(15(14)2)18(12-6-7-13-18)16-8-4-3-5-9-16;;;;/h3-5,8-11H,6-7,12-13H2,1-2H3;3*1H;/q-1;;;;+4/p-3. The molecule has 0 bridgehead atoms. The second kappa shape index (κ2) is 10.3. The van der Waals surface area contributed by atoms with Gasteiger partial charge in [0.1, 0.15) is 0 Å². The first-order valence-electron chi connectivity index (χ1n) is 7.03. The van der Waals surface area contributed by atoms with Crippen LogP contribution in [0.2, 0.25) is 12.1 Å². The number of aryl methyl sites for hydroxylation is 1. The number of hydrogen-bond donors (Lipinski definition) is 0. The van der Waals surface area contributed by atoms with Crippen LogP contribution in [0, 0.1) is 13.8 Å². The van der Waals surface area contributed by atoms with Crippen molar-refractivity contribution < 1.29 is 58.9 Å². The van der Waals surface area contributed by atoms with Crippen molar-refractivity contribution in [2.45, 2.75) is 38.8 Å². The molecule has 1 heterocycles. The van der Waals surface area contributed by atoms with Gasteiger partial charge in [-0.2, -0.15) is 22.4 Å². The number of hydrogen-bond acceptors (Lipinski definition) is 0. The summed E-state index contributed by atoms with van der Waals surface area (Å²) in [5.41, 5.74) is 3.03. The van der Waals surface area contributed by atoms with E-state index in [1.807, 2.05) is 0 Å². The van der Waals surface area contributed by atoms with Gasteiger partial charge in [0.25, 0.3) is 0 Å². The molecular formula is C17H21Cl3SiTi. The first-order chi connectivity index (χ1) is 8.74. The molecule has 0 spiro atoms. The Hall–Kier alpha value is 0.371. The molecule has 3 rings (SSSR count). The molecule has 0 nitrogen and oxygen atoms in total. The monoisotopic (exact) mass is 406 g/mol. The van der Waals surface area contributed by atoms with E-state index in [0.717, 1.165) is 0 Å². The quantitative estimate of drug-likeness (QED) is 0.344. The molecule has 5 heteroatoms. The summed E-state index contributed by atoms with van der Waals surface area (Å²) in [6.45, 7) is 4.57. The fourth-order valence-corrected chi connectivity index (χ4v) is 9.17. The average Bonchev–Trinajstić information content (AvgIpc) is 3.01. The van der Waals surface area contributed by atoms with E-state index in [9.17, 15) is 0 Å². The Morgan fingerprint density at radius 3 is 1.86 bits per heavy atom. The second-order valence-corrected chi connectivity index (χ2v) is 9.99. The van der Waals surface area contributed by atoms with Crippen LogP contribution >= 0.6 is 0 Å². The molecule has 118 valence electrons. The van der Waals surface area contributed by atoms with Gasteiger partial charge in [0.05, 0.1) is 8.07 Å². The number of rotatable bonds is 2. The van der Waals surface area contributed by atoms with E-state index in [0.29, 0.717) is 0 Å². The molecule has 1 aliphatic heterocycles. The third-order valence-electron chi connectivity index (χ3n) is 4.79. The summed E-state index contributed by atoms with van der Waals surface area (Å²) < 4.78 is 0. The Balaban J connectivity index is 0. The Bertz CT molecular complexity index is 548. The molecular weight excluding hydrogens is 386 g/mol. The first-order valence-corrected chi connectivity index (χ1v) is 9.44. The Labute approximate surface area is 169 Å². The number of benzene rings is 1. The van der Waals surface area contributed by atoms with Crippen molar-refractivity contribution in [3.8, 4) is 0 Å². The largest absolute Gasteiger partial charge is 4.00 e. The first kappa shape index (κ1) is 24.6. The van der Waals surface area contributed by atoms with Crippen molar-refractivity contribution in [1.29, 1.82) is 0 Å². The topological polar surface area (TPSA) is 0 Å². The maximum absolute atomic E-state index is 2.43. The molecule has 2 aromatic rings. The van der Waals surface area contributed by atoms with Crippen molar-refractivity contribution in [2.75, 3.05) is 0 Å². The van der Waals surface area contributed by atoms with Gasteiger partial charge in [0.2, 0.25) is 0 Å². The second-order valence-electron chi connectivity index (χ2n) is 5.71. The SMILES string of the molecule is Cc1cc[c-]([Si]2(c3ccccc3)CCCC2)c1C.[Cl-].[Cl-].[Cl-].[Ti+4]. The summed E-state index contributed by atoms with van der Waals surface area (Å²) in [6.07, 6.45) is 2.84. The molecule has 0 amide bonds. The van der Waals surface area contributed by atoms with Gasteiger partial charge < -0.3 is 37.2 Å². The van der Waals surface area contributed by atoms with Gasteiger partial charge in [-0.1, -0.05) is 74.3 Å². The average molecular weight is 408 g/mol.